The zero-order valence-corrected chi connectivity index (χ0v) is 29.5. The molecule has 0 unspecified atom stereocenters. The molecule has 0 bridgehead atoms. The molecule has 0 radical (unpaired) electrons. The number of rotatable bonds is 7. The molecule has 4 heteroatoms. The van der Waals surface area contributed by atoms with Gasteiger partial charge in [-0.1, -0.05) is 121 Å². The van der Waals surface area contributed by atoms with Gasteiger partial charge in [0.05, 0.1) is 5.52 Å². The first-order valence-corrected chi connectivity index (χ1v) is 18.3. The maximum absolute atomic E-state index is 3.83. The zero-order chi connectivity index (χ0) is 35.3. The van der Waals surface area contributed by atoms with Crippen molar-refractivity contribution in [3.05, 3.63) is 194 Å². The summed E-state index contributed by atoms with van der Waals surface area (Å²) in [5.74, 6) is 0. The Morgan fingerprint density at radius 3 is 1.92 bits per heavy atom. The minimum Gasteiger partial charge on any atom is -0.355 e. The highest BCUT2D eigenvalue weighted by molar-refractivity contribution is 6.73. The Balaban J connectivity index is 1.29. The van der Waals surface area contributed by atoms with Crippen LogP contribution in [0, 0.1) is 6.92 Å². The Hall–Kier alpha value is -6.78. The maximum atomic E-state index is 3.83. The lowest BCUT2D eigenvalue weighted by Gasteiger charge is -2.28. The van der Waals surface area contributed by atoms with Crippen molar-refractivity contribution in [1.29, 1.82) is 0 Å². The zero-order valence-electron chi connectivity index (χ0n) is 29.5. The Kier molecular flexibility index (Phi) is 7.47. The fraction of sp³-hybridized carbons (Fsp3) is 0.0204. The molecule has 53 heavy (non-hydrogen) atoms. The second-order valence-electron chi connectivity index (χ2n) is 13.9. The second-order valence-corrected chi connectivity index (χ2v) is 13.9. The standard InChI is InChI=1S/C49H36BN3/c1-33-16-11-12-23-39(33)34-30-43(48-47(31-34)53-46-27-14-13-24-40(46)41-25-15-26-44(50-48)49(41)53)42-32-38(28-29-45(42)51-35-17-5-2-6-18-35)52(36-19-7-3-8-20-36)37-21-9-4-10-22-37/h2-32,50-51H,1H3. The van der Waals surface area contributed by atoms with Crippen LogP contribution in [-0.4, -0.2) is 11.8 Å². The van der Waals surface area contributed by atoms with Gasteiger partial charge in [-0.15, -0.1) is 0 Å². The van der Waals surface area contributed by atoms with E-state index in [9.17, 15) is 0 Å². The Labute approximate surface area is 310 Å². The van der Waals surface area contributed by atoms with Gasteiger partial charge in [0, 0.05) is 56.0 Å². The molecule has 3 nitrogen and oxygen atoms in total. The first-order chi connectivity index (χ1) is 26.2. The van der Waals surface area contributed by atoms with Crippen LogP contribution in [0.25, 0.3) is 49.7 Å². The molecule has 9 aromatic rings. The van der Waals surface area contributed by atoms with Crippen LogP contribution in [0.15, 0.2) is 188 Å². The number of nitrogens with zero attached hydrogens (tertiary/aromatic N) is 2. The average Bonchev–Trinajstić information content (AvgIpc) is 3.56. The van der Waals surface area contributed by atoms with E-state index in [4.69, 9.17) is 0 Å². The molecule has 1 aromatic heterocycles. The number of benzene rings is 8. The molecule has 0 saturated heterocycles. The lowest BCUT2D eigenvalue weighted by Crippen LogP contribution is -2.37. The van der Waals surface area contributed by atoms with Crippen LogP contribution in [0.4, 0.5) is 28.4 Å². The van der Waals surface area contributed by atoms with Gasteiger partial charge >= 0.3 is 0 Å². The molecule has 2 heterocycles. The van der Waals surface area contributed by atoms with Crippen molar-refractivity contribution in [2.75, 3.05) is 10.2 Å². The van der Waals surface area contributed by atoms with Crippen LogP contribution < -0.4 is 21.1 Å². The van der Waals surface area contributed by atoms with Gasteiger partial charge in [-0.3, -0.25) is 0 Å². The topological polar surface area (TPSA) is 20.2 Å². The van der Waals surface area contributed by atoms with Crippen LogP contribution in [0.1, 0.15) is 5.56 Å². The number of fused-ring (bicyclic) bond motifs is 5. The molecule has 0 saturated carbocycles. The van der Waals surface area contributed by atoms with E-state index in [2.05, 4.69) is 210 Å². The summed E-state index contributed by atoms with van der Waals surface area (Å²) in [5.41, 5.74) is 18.0. The van der Waals surface area contributed by atoms with E-state index in [1.165, 1.54) is 60.7 Å². The first kappa shape index (κ1) is 31.0. The number of aromatic nitrogens is 1. The molecule has 1 aliphatic rings. The van der Waals surface area contributed by atoms with Crippen molar-refractivity contribution >= 4 is 68.4 Å². The molecule has 1 aliphatic heterocycles. The predicted molar refractivity (Wildman–Crippen MR) is 227 cm³/mol. The summed E-state index contributed by atoms with van der Waals surface area (Å²) in [4.78, 5) is 2.35. The van der Waals surface area contributed by atoms with Crippen LogP contribution in [0.5, 0.6) is 0 Å². The molecule has 0 spiro atoms. The third-order valence-corrected chi connectivity index (χ3v) is 10.7. The molecule has 250 valence electrons. The number of hydrogen-bond donors (Lipinski definition) is 1. The SMILES string of the molecule is Cc1ccccc1-c1cc(-c2cc(N(c3ccccc3)c3ccccc3)ccc2Nc2ccccc2)c2c(c1)-n1c3ccccc3c3cccc(c31)B2. The van der Waals surface area contributed by atoms with Crippen molar-refractivity contribution in [2.24, 2.45) is 0 Å². The molecule has 10 rings (SSSR count). The Morgan fingerprint density at radius 1 is 0.509 bits per heavy atom. The highest BCUT2D eigenvalue weighted by Gasteiger charge is 2.27. The molecule has 0 amide bonds. The molecular formula is C49H36BN3. The van der Waals surface area contributed by atoms with Gasteiger partial charge in [0.2, 0.25) is 0 Å². The summed E-state index contributed by atoms with van der Waals surface area (Å²) in [6.45, 7) is 2.22. The molecular weight excluding hydrogens is 641 g/mol. The highest BCUT2D eigenvalue weighted by atomic mass is 15.1. The Bertz CT molecular complexity index is 2750. The second kappa shape index (κ2) is 12.8. The fourth-order valence-corrected chi connectivity index (χ4v) is 8.29. The third-order valence-electron chi connectivity index (χ3n) is 10.7. The van der Waals surface area contributed by atoms with Crippen LogP contribution in [-0.2, 0) is 0 Å². The van der Waals surface area contributed by atoms with Crippen LogP contribution in [0.3, 0.4) is 0 Å². The lowest BCUT2D eigenvalue weighted by atomic mass is 9.58. The van der Waals surface area contributed by atoms with E-state index in [0.717, 1.165) is 41.3 Å². The fourth-order valence-electron chi connectivity index (χ4n) is 8.29. The van der Waals surface area contributed by atoms with E-state index < -0.39 is 0 Å². The minimum atomic E-state index is 0.836. The predicted octanol–water partition coefficient (Wildman–Crippen LogP) is 11.3. The number of anilines is 5. The summed E-state index contributed by atoms with van der Waals surface area (Å²) >= 11 is 0. The molecule has 8 aromatic carbocycles. The Morgan fingerprint density at radius 2 is 1.17 bits per heavy atom. The molecule has 0 fully saturated rings. The van der Waals surface area contributed by atoms with Gasteiger partial charge in [0.25, 0.3) is 0 Å². The highest BCUT2D eigenvalue weighted by Crippen LogP contribution is 2.42. The van der Waals surface area contributed by atoms with Crippen molar-refractivity contribution in [1.82, 2.24) is 4.57 Å². The maximum Gasteiger partial charge on any atom is 0.198 e. The number of hydrogen-bond acceptors (Lipinski definition) is 2. The van der Waals surface area contributed by atoms with Crippen molar-refractivity contribution < 1.29 is 0 Å². The van der Waals surface area contributed by atoms with Crippen molar-refractivity contribution in [3.8, 4) is 27.9 Å². The van der Waals surface area contributed by atoms with Gasteiger partial charge in [-0.25, -0.2) is 0 Å². The van der Waals surface area contributed by atoms with E-state index in [1.54, 1.807) is 0 Å². The summed E-state index contributed by atoms with van der Waals surface area (Å²) in [5, 5.41) is 6.43. The van der Waals surface area contributed by atoms with Crippen LogP contribution in [0.2, 0.25) is 0 Å². The van der Waals surface area contributed by atoms with Crippen molar-refractivity contribution in [3.63, 3.8) is 0 Å². The van der Waals surface area contributed by atoms with Gasteiger partial charge in [0.1, 0.15) is 0 Å². The largest absolute Gasteiger partial charge is 0.355 e. The van der Waals surface area contributed by atoms with Crippen molar-refractivity contribution in [2.45, 2.75) is 6.92 Å². The van der Waals surface area contributed by atoms with E-state index >= 15 is 0 Å². The van der Waals surface area contributed by atoms with E-state index in [1.807, 2.05) is 0 Å². The minimum absolute atomic E-state index is 0.836. The smallest absolute Gasteiger partial charge is 0.198 e. The summed E-state index contributed by atoms with van der Waals surface area (Å²) < 4.78 is 2.53. The molecule has 0 atom stereocenters. The first-order valence-electron chi connectivity index (χ1n) is 18.3. The van der Waals surface area contributed by atoms with Crippen LogP contribution >= 0.6 is 0 Å². The normalized spacial score (nSPS) is 11.6. The third kappa shape index (κ3) is 5.30. The molecule has 0 aliphatic carbocycles. The number of aryl methyl sites for hydroxylation is 1. The summed E-state index contributed by atoms with van der Waals surface area (Å²) in [7, 11) is 0.836. The van der Waals surface area contributed by atoms with Gasteiger partial charge in [0.15, 0.2) is 7.28 Å². The average molecular weight is 678 g/mol. The molecule has 1 N–H and O–H groups in total. The monoisotopic (exact) mass is 677 g/mol. The van der Waals surface area contributed by atoms with Gasteiger partial charge < -0.3 is 14.8 Å². The van der Waals surface area contributed by atoms with E-state index in [0.29, 0.717) is 0 Å². The quantitative estimate of drug-likeness (QED) is 0.170. The van der Waals surface area contributed by atoms with Gasteiger partial charge in [-0.2, -0.15) is 0 Å². The number of para-hydroxylation sites is 5. The van der Waals surface area contributed by atoms with E-state index in [-0.39, 0.29) is 0 Å². The lowest BCUT2D eigenvalue weighted by molar-refractivity contribution is 1.19. The summed E-state index contributed by atoms with van der Waals surface area (Å²) in [6, 6.07) is 68.0. The number of nitrogens with one attached hydrogen (secondary N) is 1. The summed E-state index contributed by atoms with van der Waals surface area (Å²) in [6.07, 6.45) is 0. The van der Waals surface area contributed by atoms with Gasteiger partial charge in [-0.05, 0) is 107 Å².